The van der Waals surface area contributed by atoms with Gasteiger partial charge in [0.15, 0.2) is 0 Å². The lowest BCUT2D eigenvalue weighted by atomic mass is 10.1. The van der Waals surface area contributed by atoms with E-state index < -0.39 is 22.3 Å². The maximum atomic E-state index is 13.4. The van der Waals surface area contributed by atoms with Gasteiger partial charge in [0.2, 0.25) is 5.82 Å². The van der Waals surface area contributed by atoms with Crippen molar-refractivity contribution in [3.05, 3.63) is 62.7 Å². The van der Waals surface area contributed by atoms with E-state index in [0.717, 1.165) is 42.0 Å². The molecule has 1 amide bonds. The quantitative estimate of drug-likeness (QED) is 0.358. The zero-order valence-electron chi connectivity index (χ0n) is 15.2. The summed E-state index contributed by atoms with van der Waals surface area (Å²) in [4.78, 5) is 22.3. The summed E-state index contributed by atoms with van der Waals surface area (Å²) in [6.45, 7) is 6.75. The van der Waals surface area contributed by atoms with Crippen LogP contribution in [0.3, 0.4) is 0 Å². The molecule has 0 spiro atoms. The number of halogens is 1. The van der Waals surface area contributed by atoms with E-state index in [4.69, 9.17) is 0 Å². The summed E-state index contributed by atoms with van der Waals surface area (Å²) in [6.07, 6.45) is 2.43. The average Bonchev–Trinajstić information content (AvgIpc) is 2.88. The van der Waals surface area contributed by atoms with Crippen molar-refractivity contribution in [1.82, 2.24) is 4.57 Å². The predicted molar refractivity (Wildman–Crippen MR) is 99.5 cm³/mol. The number of nitrogens with one attached hydrogen (secondary N) is 1. The van der Waals surface area contributed by atoms with Crippen LogP contribution in [0.1, 0.15) is 30.3 Å². The average molecular weight is 370 g/mol. The number of anilines is 1. The molecule has 140 valence electrons. The highest BCUT2D eigenvalue weighted by Gasteiger charge is 2.17. The number of nitriles is 1. The molecule has 1 aromatic heterocycles. The SMILES string of the molecule is CCCn1c(C)cc(/C=C(\C#N)C(=O)Nc2ccc(F)c([N+](=O)[O-])c2)c1C. The summed E-state index contributed by atoms with van der Waals surface area (Å²) in [5.74, 6) is -1.73. The third-order valence-electron chi connectivity index (χ3n) is 4.13. The summed E-state index contributed by atoms with van der Waals surface area (Å²) in [6, 6.07) is 6.73. The van der Waals surface area contributed by atoms with Crippen molar-refractivity contribution in [2.24, 2.45) is 0 Å². The van der Waals surface area contributed by atoms with Gasteiger partial charge < -0.3 is 9.88 Å². The molecule has 1 aromatic carbocycles. The van der Waals surface area contributed by atoms with Crippen LogP contribution in [0.25, 0.3) is 6.08 Å². The van der Waals surface area contributed by atoms with Crippen LogP contribution < -0.4 is 5.32 Å². The number of amides is 1. The number of aromatic nitrogens is 1. The molecular weight excluding hydrogens is 351 g/mol. The third-order valence-corrected chi connectivity index (χ3v) is 4.13. The van der Waals surface area contributed by atoms with E-state index in [2.05, 4.69) is 16.8 Å². The van der Waals surface area contributed by atoms with E-state index in [-0.39, 0.29) is 11.3 Å². The summed E-state index contributed by atoms with van der Waals surface area (Å²) in [5, 5.41) is 22.5. The Kier molecular flexibility index (Phi) is 6.08. The second-order valence-corrected chi connectivity index (χ2v) is 6.03. The zero-order chi connectivity index (χ0) is 20.1. The Balaban J connectivity index is 2.31. The lowest BCUT2D eigenvalue weighted by Crippen LogP contribution is -2.13. The molecule has 0 unspecified atom stereocenters. The number of aryl methyl sites for hydroxylation is 1. The molecule has 0 aliphatic heterocycles. The summed E-state index contributed by atoms with van der Waals surface area (Å²) >= 11 is 0. The normalized spacial score (nSPS) is 11.1. The smallest absolute Gasteiger partial charge is 0.306 e. The second-order valence-electron chi connectivity index (χ2n) is 6.03. The van der Waals surface area contributed by atoms with Gasteiger partial charge in [-0.3, -0.25) is 14.9 Å². The molecule has 1 N–H and O–H groups in total. The lowest BCUT2D eigenvalue weighted by Gasteiger charge is -2.07. The molecule has 0 fully saturated rings. The molecule has 0 bridgehead atoms. The minimum Gasteiger partial charge on any atom is -0.349 e. The van der Waals surface area contributed by atoms with Crippen molar-refractivity contribution in [2.45, 2.75) is 33.7 Å². The van der Waals surface area contributed by atoms with Crippen molar-refractivity contribution in [3.63, 3.8) is 0 Å². The van der Waals surface area contributed by atoms with Crippen LogP contribution >= 0.6 is 0 Å². The first-order chi connectivity index (χ1) is 12.8. The predicted octanol–water partition coefficient (Wildman–Crippen LogP) is 4.11. The lowest BCUT2D eigenvalue weighted by molar-refractivity contribution is -0.387. The van der Waals surface area contributed by atoms with E-state index in [1.54, 1.807) is 0 Å². The number of rotatable bonds is 6. The van der Waals surface area contributed by atoms with E-state index in [1.807, 2.05) is 26.0 Å². The van der Waals surface area contributed by atoms with E-state index in [9.17, 15) is 24.6 Å². The van der Waals surface area contributed by atoms with Gasteiger partial charge in [-0.15, -0.1) is 0 Å². The number of benzene rings is 1. The van der Waals surface area contributed by atoms with Crippen LogP contribution in [0.15, 0.2) is 29.8 Å². The standard InChI is InChI=1S/C19H19FN4O3/c1-4-7-23-12(2)8-14(13(23)3)9-15(11-21)19(25)22-16-5-6-17(20)18(10-16)24(26)27/h5-6,8-10H,4,7H2,1-3H3,(H,22,25)/b15-9+. The zero-order valence-corrected chi connectivity index (χ0v) is 15.2. The second kappa shape index (κ2) is 8.27. The monoisotopic (exact) mass is 370 g/mol. The summed E-state index contributed by atoms with van der Waals surface area (Å²) in [5.41, 5.74) is 1.83. The Morgan fingerprint density at radius 1 is 1.41 bits per heavy atom. The first kappa shape index (κ1) is 19.8. The van der Waals surface area contributed by atoms with Gasteiger partial charge in [-0.25, -0.2) is 0 Å². The van der Waals surface area contributed by atoms with E-state index in [1.165, 1.54) is 12.1 Å². The number of nitro groups is 1. The minimum atomic E-state index is -1.00. The fraction of sp³-hybridized carbons (Fsp3) is 0.263. The highest BCUT2D eigenvalue weighted by atomic mass is 19.1. The highest BCUT2D eigenvalue weighted by molar-refractivity contribution is 6.09. The van der Waals surface area contributed by atoms with Crippen molar-refractivity contribution in [1.29, 1.82) is 5.26 Å². The molecule has 27 heavy (non-hydrogen) atoms. The Bertz CT molecular complexity index is 970. The molecule has 0 saturated heterocycles. The maximum Gasteiger partial charge on any atom is 0.306 e. The molecule has 0 aliphatic carbocycles. The van der Waals surface area contributed by atoms with Crippen molar-refractivity contribution in [2.75, 3.05) is 5.32 Å². The minimum absolute atomic E-state index is 0.0331. The number of carbonyl (C=O) groups is 1. The maximum absolute atomic E-state index is 13.4. The molecule has 2 aromatic rings. The Hall–Kier alpha value is -3.47. The first-order valence-electron chi connectivity index (χ1n) is 8.32. The molecule has 0 saturated carbocycles. The molecule has 1 heterocycles. The van der Waals surface area contributed by atoms with Gasteiger partial charge >= 0.3 is 5.69 Å². The third kappa shape index (κ3) is 4.39. The topological polar surface area (TPSA) is 101 Å². The van der Waals surface area contributed by atoms with Gasteiger partial charge in [-0.1, -0.05) is 6.92 Å². The molecule has 0 radical (unpaired) electrons. The largest absolute Gasteiger partial charge is 0.349 e. The Morgan fingerprint density at radius 3 is 2.70 bits per heavy atom. The molecule has 0 atom stereocenters. The summed E-state index contributed by atoms with van der Waals surface area (Å²) in [7, 11) is 0. The Labute approximate surface area is 155 Å². The molecule has 0 aliphatic rings. The fourth-order valence-electron chi connectivity index (χ4n) is 2.77. The number of nitro benzene ring substituents is 1. The van der Waals surface area contributed by atoms with Crippen molar-refractivity contribution >= 4 is 23.4 Å². The van der Waals surface area contributed by atoms with Crippen LogP contribution in [-0.4, -0.2) is 15.4 Å². The van der Waals surface area contributed by atoms with Gasteiger partial charge in [0.05, 0.1) is 4.92 Å². The molecular formula is C19H19FN4O3. The molecule has 2 rings (SSSR count). The first-order valence-corrected chi connectivity index (χ1v) is 8.32. The van der Waals surface area contributed by atoms with Crippen LogP contribution in [0, 0.1) is 41.1 Å². The van der Waals surface area contributed by atoms with Gasteiger partial charge in [0, 0.05) is 29.7 Å². The molecule has 7 nitrogen and oxygen atoms in total. The Morgan fingerprint density at radius 2 is 2.11 bits per heavy atom. The number of hydrogen-bond donors (Lipinski definition) is 1. The number of hydrogen-bond acceptors (Lipinski definition) is 4. The van der Waals surface area contributed by atoms with Crippen LogP contribution in [0.2, 0.25) is 0 Å². The van der Waals surface area contributed by atoms with Crippen LogP contribution in [-0.2, 0) is 11.3 Å². The molecule has 8 heteroatoms. The van der Waals surface area contributed by atoms with Gasteiger partial charge in [0.25, 0.3) is 5.91 Å². The summed E-state index contributed by atoms with van der Waals surface area (Å²) < 4.78 is 15.5. The van der Waals surface area contributed by atoms with Gasteiger partial charge in [-0.2, -0.15) is 9.65 Å². The van der Waals surface area contributed by atoms with Crippen molar-refractivity contribution in [3.8, 4) is 6.07 Å². The number of nitrogens with zero attached hydrogens (tertiary/aromatic N) is 3. The van der Waals surface area contributed by atoms with Crippen LogP contribution in [0.5, 0.6) is 0 Å². The van der Waals surface area contributed by atoms with E-state index >= 15 is 0 Å². The van der Waals surface area contributed by atoms with Crippen molar-refractivity contribution < 1.29 is 14.1 Å². The van der Waals surface area contributed by atoms with Crippen LogP contribution in [0.4, 0.5) is 15.8 Å². The van der Waals surface area contributed by atoms with E-state index in [0.29, 0.717) is 0 Å². The van der Waals surface area contributed by atoms with Gasteiger partial charge in [-0.05, 0) is 50.1 Å². The van der Waals surface area contributed by atoms with Gasteiger partial charge in [0.1, 0.15) is 11.6 Å². The highest BCUT2D eigenvalue weighted by Crippen LogP contribution is 2.23. The fourth-order valence-corrected chi connectivity index (χ4v) is 2.77. The number of carbonyl (C=O) groups excluding carboxylic acids is 1.